The maximum atomic E-state index is 13.5. The Morgan fingerprint density at radius 1 is 0.949 bits per heavy atom. The highest BCUT2D eigenvalue weighted by Gasteiger charge is 2.17. The largest absolute Gasteiger partial charge is 0.317 e. The van der Waals surface area contributed by atoms with Crippen LogP contribution >= 0.6 is 11.6 Å². The number of hydrogen-bond donors (Lipinski definition) is 0. The molecule has 0 bridgehead atoms. The van der Waals surface area contributed by atoms with E-state index in [1.54, 1.807) is 22.8 Å². The van der Waals surface area contributed by atoms with Crippen molar-refractivity contribution in [1.29, 1.82) is 0 Å². The van der Waals surface area contributed by atoms with Crippen LogP contribution in [-0.2, 0) is 13.5 Å². The molecular weight excluding hydrogens is 517 g/mol. The topological polar surface area (TPSA) is 91.6 Å². The minimum Gasteiger partial charge on any atom is -0.317 e. The van der Waals surface area contributed by atoms with E-state index in [4.69, 9.17) is 16.6 Å². The second-order valence-electron chi connectivity index (χ2n) is 9.13. The van der Waals surface area contributed by atoms with E-state index in [1.165, 1.54) is 12.1 Å². The maximum absolute atomic E-state index is 13.5. The summed E-state index contributed by atoms with van der Waals surface area (Å²) in [6.07, 6.45) is 6.04. The zero-order valence-corrected chi connectivity index (χ0v) is 21.3. The number of imidazole rings is 2. The lowest BCUT2D eigenvalue weighted by atomic mass is 10.0. The highest BCUT2D eigenvalue weighted by molar-refractivity contribution is 6.30. The van der Waals surface area contributed by atoms with Gasteiger partial charge in [-0.3, -0.25) is 4.57 Å². The fourth-order valence-electron chi connectivity index (χ4n) is 4.80. The summed E-state index contributed by atoms with van der Waals surface area (Å²) in [5, 5.41) is 13.5. The summed E-state index contributed by atoms with van der Waals surface area (Å²) in [7, 11) is 1.97. The number of aromatic nitrogens is 9. The Morgan fingerprint density at radius 3 is 2.67 bits per heavy atom. The van der Waals surface area contributed by atoms with Crippen molar-refractivity contribution in [3.05, 3.63) is 107 Å². The Hall–Kier alpha value is -4.96. The highest BCUT2D eigenvalue weighted by atomic mass is 35.5. The van der Waals surface area contributed by atoms with Gasteiger partial charge in [-0.2, -0.15) is 4.52 Å². The molecule has 190 valence electrons. The molecular formula is C28H19ClFN9. The van der Waals surface area contributed by atoms with Crippen LogP contribution in [0, 0.1) is 5.82 Å². The molecule has 0 saturated carbocycles. The molecule has 0 aliphatic heterocycles. The fourth-order valence-corrected chi connectivity index (χ4v) is 4.99. The van der Waals surface area contributed by atoms with Gasteiger partial charge in [0.15, 0.2) is 0 Å². The molecule has 0 radical (unpaired) electrons. The summed E-state index contributed by atoms with van der Waals surface area (Å²) in [6, 6.07) is 20.0. The van der Waals surface area contributed by atoms with Gasteiger partial charge >= 0.3 is 0 Å². The molecule has 0 spiro atoms. The number of halogens is 2. The van der Waals surface area contributed by atoms with Crippen LogP contribution in [0.3, 0.4) is 0 Å². The van der Waals surface area contributed by atoms with E-state index in [1.807, 2.05) is 58.9 Å². The SMILES string of the molecule is Cn1c(Cc2ccc3c(c2)c(-c2cccc(Cl)c2)nc2nnnn23)cnc1-n1ccnc1-c1ccc(F)cc1. The van der Waals surface area contributed by atoms with E-state index in [2.05, 4.69) is 37.6 Å². The minimum absolute atomic E-state index is 0.291. The third-order valence-corrected chi connectivity index (χ3v) is 6.95. The maximum Gasteiger partial charge on any atom is 0.274 e. The van der Waals surface area contributed by atoms with E-state index in [0.29, 0.717) is 29.0 Å². The van der Waals surface area contributed by atoms with Crippen molar-refractivity contribution in [1.82, 2.24) is 44.1 Å². The predicted molar refractivity (Wildman–Crippen MR) is 145 cm³/mol. The molecule has 0 N–H and O–H groups in total. The molecule has 7 aromatic rings. The van der Waals surface area contributed by atoms with Crippen molar-refractivity contribution >= 4 is 28.3 Å². The number of rotatable bonds is 5. The van der Waals surface area contributed by atoms with Crippen molar-refractivity contribution in [3.8, 4) is 28.6 Å². The second-order valence-corrected chi connectivity index (χ2v) is 9.56. The monoisotopic (exact) mass is 535 g/mol. The lowest BCUT2D eigenvalue weighted by Gasteiger charge is -2.11. The molecule has 0 atom stereocenters. The van der Waals surface area contributed by atoms with Gasteiger partial charge in [-0.05, 0) is 64.5 Å². The molecule has 0 saturated heterocycles. The summed E-state index contributed by atoms with van der Waals surface area (Å²) >= 11 is 6.29. The third kappa shape index (κ3) is 4.02. The Balaban J connectivity index is 1.29. The highest BCUT2D eigenvalue weighted by Crippen LogP contribution is 2.30. The average molecular weight is 536 g/mol. The van der Waals surface area contributed by atoms with Crippen LogP contribution in [0.2, 0.25) is 5.02 Å². The zero-order chi connectivity index (χ0) is 26.5. The van der Waals surface area contributed by atoms with Gasteiger partial charge in [-0.15, -0.1) is 0 Å². The number of benzene rings is 3. The Bertz CT molecular complexity index is 1990. The van der Waals surface area contributed by atoms with Gasteiger partial charge in [0.1, 0.15) is 11.6 Å². The molecule has 3 aromatic carbocycles. The molecule has 39 heavy (non-hydrogen) atoms. The number of fused-ring (bicyclic) bond motifs is 3. The minimum atomic E-state index is -0.291. The van der Waals surface area contributed by atoms with Gasteiger partial charge in [-0.1, -0.05) is 34.9 Å². The van der Waals surface area contributed by atoms with Crippen molar-refractivity contribution in [3.63, 3.8) is 0 Å². The van der Waals surface area contributed by atoms with E-state index in [9.17, 15) is 4.39 Å². The van der Waals surface area contributed by atoms with Crippen molar-refractivity contribution in [2.75, 3.05) is 0 Å². The first-order valence-corrected chi connectivity index (χ1v) is 12.5. The van der Waals surface area contributed by atoms with Crippen LogP contribution in [0.25, 0.3) is 45.3 Å². The van der Waals surface area contributed by atoms with Crippen LogP contribution in [-0.4, -0.2) is 44.1 Å². The van der Waals surface area contributed by atoms with E-state index in [0.717, 1.165) is 39.0 Å². The van der Waals surface area contributed by atoms with Crippen LogP contribution < -0.4 is 0 Å². The first-order chi connectivity index (χ1) is 19.0. The van der Waals surface area contributed by atoms with E-state index >= 15 is 0 Å². The normalized spacial score (nSPS) is 11.6. The molecule has 11 heteroatoms. The fraction of sp³-hybridized carbons (Fsp3) is 0.0714. The Labute approximate surface area is 226 Å². The molecule has 0 amide bonds. The van der Waals surface area contributed by atoms with Gasteiger partial charge < -0.3 is 4.57 Å². The number of tetrazole rings is 1. The molecule has 4 aromatic heterocycles. The van der Waals surface area contributed by atoms with Crippen LogP contribution in [0.15, 0.2) is 85.3 Å². The number of hydrogen-bond acceptors (Lipinski definition) is 6. The smallest absolute Gasteiger partial charge is 0.274 e. The Morgan fingerprint density at radius 2 is 1.82 bits per heavy atom. The lowest BCUT2D eigenvalue weighted by molar-refractivity contribution is 0.628. The first-order valence-electron chi connectivity index (χ1n) is 12.1. The molecule has 9 nitrogen and oxygen atoms in total. The third-order valence-electron chi connectivity index (χ3n) is 6.71. The van der Waals surface area contributed by atoms with E-state index < -0.39 is 0 Å². The molecule has 0 unspecified atom stereocenters. The summed E-state index contributed by atoms with van der Waals surface area (Å²) < 4.78 is 19.0. The van der Waals surface area contributed by atoms with Crippen molar-refractivity contribution in [2.24, 2.45) is 7.05 Å². The molecule has 0 aliphatic rings. The summed E-state index contributed by atoms with van der Waals surface area (Å²) in [5.41, 5.74) is 5.35. The van der Waals surface area contributed by atoms with Gasteiger partial charge in [0, 0.05) is 53.1 Å². The molecule has 0 fully saturated rings. The van der Waals surface area contributed by atoms with Crippen LogP contribution in [0.4, 0.5) is 4.39 Å². The summed E-state index contributed by atoms with van der Waals surface area (Å²) in [6.45, 7) is 0. The van der Waals surface area contributed by atoms with Crippen molar-refractivity contribution in [2.45, 2.75) is 6.42 Å². The lowest BCUT2D eigenvalue weighted by Crippen LogP contribution is -2.07. The average Bonchev–Trinajstić information content (AvgIpc) is 3.69. The molecule has 0 aliphatic carbocycles. The van der Waals surface area contributed by atoms with Gasteiger partial charge in [-0.25, -0.2) is 19.3 Å². The second kappa shape index (κ2) is 9.10. The van der Waals surface area contributed by atoms with Gasteiger partial charge in [0.25, 0.3) is 5.78 Å². The Kier molecular flexibility index (Phi) is 5.41. The quantitative estimate of drug-likeness (QED) is 0.297. The summed E-state index contributed by atoms with van der Waals surface area (Å²) in [5.74, 6) is 1.52. The standard InChI is InChI=1S/C28H19ClFN9/c1-37-22(16-32-28(37)38-12-11-31-26(38)18-6-8-21(30)9-7-18)13-17-5-10-24-23(14-17)25(19-3-2-4-20(29)15-19)33-27-34-35-36-39(24)27/h2-12,14-16H,13H2,1H3. The van der Waals surface area contributed by atoms with Gasteiger partial charge in [0.2, 0.25) is 5.95 Å². The summed E-state index contributed by atoms with van der Waals surface area (Å²) in [4.78, 5) is 13.9. The zero-order valence-electron chi connectivity index (χ0n) is 20.6. The number of nitrogens with zero attached hydrogens (tertiary/aromatic N) is 9. The van der Waals surface area contributed by atoms with Crippen molar-refractivity contribution < 1.29 is 4.39 Å². The van der Waals surface area contributed by atoms with E-state index in [-0.39, 0.29) is 5.82 Å². The van der Waals surface area contributed by atoms with Crippen LogP contribution in [0.1, 0.15) is 11.3 Å². The molecule has 7 rings (SSSR count). The van der Waals surface area contributed by atoms with Gasteiger partial charge in [0.05, 0.1) is 17.4 Å². The predicted octanol–water partition coefficient (Wildman–Crippen LogP) is 5.31. The van der Waals surface area contributed by atoms with Crippen LogP contribution in [0.5, 0.6) is 0 Å². The first kappa shape index (κ1) is 23.2. The molecule has 4 heterocycles.